The van der Waals surface area contributed by atoms with E-state index in [-0.39, 0.29) is 23.6 Å². The molecule has 0 unspecified atom stereocenters. The zero-order chi connectivity index (χ0) is 21.9. The number of hydrogen-bond acceptors (Lipinski definition) is 6. The summed E-state index contributed by atoms with van der Waals surface area (Å²) < 4.78 is 44.4. The number of benzene rings is 1. The van der Waals surface area contributed by atoms with Crippen molar-refractivity contribution in [1.82, 2.24) is 14.5 Å². The van der Waals surface area contributed by atoms with Crippen molar-refractivity contribution in [3.8, 4) is 11.4 Å². The maximum atomic E-state index is 12.5. The molecule has 0 atom stereocenters. The minimum absolute atomic E-state index is 0.132. The van der Waals surface area contributed by atoms with E-state index in [2.05, 4.69) is 15.0 Å². The molecule has 0 spiro atoms. The maximum Gasteiger partial charge on any atom is 0.434 e. The Bertz CT molecular complexity index is 1140. The molecule has 3 aromatic rings. The highest BCUT2D eigenvalue weighted by molar-refractivity contribution is 6.03. The van der Waals surface area contributed by atoms with Crippen molar-refractivity contribution in [3.63, 3.8) is 0 Å². The van der Waals surface area contributed by atoms with Gasteiger partial charge < -0.3 is 10.5 Å². The molecule has 7 nitrogen and oxygen atoms in total. The molecule has 30 heavy (non-hydrogen) atoms. The Kier molecular flexibility index (Phi) is 5.86. The number of aliphatic imine (C=N–C) groups is 1. The van der Waals surface area contributed by atoms with Gasteiger partial charge in [0.25, 0.3) is 5.56 Å². The zero-order valence-corrected chi connectivity index (χ0v) is 16.1. The third-order valence-corrected chi connectivity index (χ3v) is 4.31. The number of alkyl halides is 3. The van der Waals surface area contributed by atoms with Crippen molar-refractivity contribution in [2.24, 2.45) is 4.99 Å². The van der Waals surface area contributed by atoms with Crippen molar-refractivity contribution in [2.75, 3.05) is 12.8 Å². The van der Waals surface area contributed by atoms with Crippen LogP contribution in [-0.2, 0) is 12.8 Å². The Labute approximate surface area is 169 Å². The van der Waals surface area contributed by atoms with E-state index in [1.165, 1.54) is 16.8 Å². The molecule has 156 valence electrons. The standard InChI is InChI=1S/C20H18F3N5O2/c1-12(25-2)16-7-14(3-4-17(16)24)28-6-5-15(8-19(28)29)30-11-13-9-27-18(10-26-13)20(21,22)23/h3-10H,11,24H2,1-2H3. The van der Waals surface area contributed by atoms with E-state index in [0.717, 1.165) is 17.5 Å². The van der Waals surface area contributed by atoms with Gasteiger partial charge in [-0.15, -0.1) is 0 Å². The van der Waals surface area contributed by atoms with Crippen LogP contribution in [0.3, 0.4) is 0 Å². The van der Waals surface area contributed by atoms with E-state index in [0.29, 0.717) is 17.6 Å². The summed E-state index contributed by atoms with van der Waals surface area (Å²) in [5.74, 6) is 0.250. The fourth-order valence-electron chi connectivity index (χ4n) is 2.62. The number of halogens is 3. The fraction of sp³-hybridized carbons (Fsp3) is 0.200. The topological polar surface area (TPSA) is 95.4 Å². The van der Waals surface area contributed by atoms with E-state index < -0.39 is 11.9 Å². The van der Waals surface area contributed by atoms with Crippen molar-refractivity contribution >= 4 is 11.4 Å². The molecule has 10 heteroatoms. The average Bonchev–Trinajstić information content (AvgIpc) is 2.72. The van der Waals surface area contributed by atoms with Crippen LogP contribution in [-0.4, -0.2) is 27.3 Å². The molecule has 0 aliphatic rings. The van der Waals surface area contributed by atoms with Crippen molar-refractivity contribution in [3.05, 3.63) is 76.2 Å². The minimum atomic E-state index is -4.56. The Balaban J connectivity index is 1.77. The molecule has 0 radical (unpaired) electrons. The highest BCUT2D eigenvalue weighted by atomic mass is 19.4. The van der Waals surface area contributed by atoms with E-state index in [4.69, 9.17) is 10.5 Å². The first kappa shape index (κ1) is 21.0. The van der Waals surface area contributed by atoms with Gasteiger partial charge in [-0.1, -0.05) is 0 Å². The molecule has 1 aromatic carbocycles. The Hall–Kier alpha value is -3.69. The van der Waals surface area contributed by atoms with Crippen LogP contribution in [0.25, 0.3) is 5.69 Å². The number of anilines is 1. The van der Waals surface area contributed by atoms with Crippen LogP contribution in [0.5, 0.6) is 5.75 Å². The van der Waals surface area contributed by atoms with E-state index >= 15 is 0 Å². The number of rotatable bonds is 5. The predicted molar refractivity (Wildman–Crippen MR) is 106 cm³/mol. The van der Waals surface area contributed by atoms with Crippen LogP contribution >= 0.6 is 0 Å². The number of ether oxygens (including phenoxy) is 1. The average molecular weight is 417 g/mol. The van der Waals surface area contributed by atoms with Crippen molar-refractivity contribution in [2.45, 2.75) is 19.7 Å². The van der Waals surface area contributed by atoms with Gasteiger partial charge >= 0.3 is 6.18 Å². The SMILES string of the molecule is CN=C(C)c1cc(-n2ccc(OCc3cnc(C(F)(F)F)cn3)cc2=O)ccc1N. The van der Waals surface area contributed by atoms with Crippen LogP contribution in [0.2, 0.25) is 0 Å². The van der Waals surface area contributed by atoms with Gasteiger partial charge in [0, 0.05) is 42.0 Å². The van der Waals surface area contributed by atoms with Crippen LogP contribution in [0.1, 0.15) is 23.9 Å². The first-order valence-electron chi connectivity index (χ1n) is 8.76. The van der Waals surface area contributed by atoms with Gasteiger partial charge in [0.05, 0.1) is 18.1 Å². The van der Waals surface area contributed by atoms with Crippen molar-refractivity contribution in [1.29, 1.82) is 0 Å². The lowest BCUT2D eigenvalue weighted by atomic mass is 10.1. The third kappa shape index (κ3) is 4.65. The van der Waals surface area contributed by atoms with E-state index in [1.54, 1.807) is 31.3 Å². The van der Waals surface area contributed by atoms with Gasteiger partial charge in [-0.25, -0.2) is 4.98 Å². The quantitative estimate of drug-likeness (QED) is 0.508. The van der Waals surface area contributed by atoms with Gasteiger partial charge in [-0.3, -0.25) is 19.3 Å². The fourth-order valence-corrected chi connectivity index (χ4v) is 2.62. The number of nitrogens with zero attached hydrogens (tertiary/aromatic N) is 4. The summed E-state index contributed by atoms with van der Waals surface area (Å²) in [7, 11) is 1.65. The van der Waals surface area contributed by atoms with Crippen LogP contribution in [0.4, 0.5) is 18.9 Å². The highest BCUT2D eigenvalue weighted by Crippen LogP contribution is 2.26. The lowest BCUT2D eigenvalue weighted by Gasteiger charge is -2.12. The summed E-state index contributed by atoms with van der Waals surface area (Å²) in [6.07, 6.45) is -1.40. The van der Waals surface area contributed by atoms with Gasteiger partial charge in [0.1, 0.15) is 12.4 Å². The van der Waals surface area contributed by atoms with Crippen LogP contribution in [0.15, 0.2) is 58.7 Å². The van der Waals surface area contributed by atoms with Gasteiger partial charge in [0.15, 0.2) is 5.69 Å². The molecule has 0 saturated carbocycles. The molecule has 0 aliphatic carbocycles. The second-order valence-corrected chi connectivity index (χ2v) is 6.33. The van der Waals surface area contributed by atoms with Crippen LogP contribution < -0.4 is 16.0 Å². The molecule has 2 heterocycles. The molecular weight excluding hydrogens is 399 g/mol. The van der Waals surface area contributed by atoms with Gasteiger partial charge in [0.2, 0.25) is 0 Å². The van der Waals surface area contributed by atoms with E-state index in [1.807, 2.05) is 6.92 Å². The minimum Gasteiger partial charge on any atom is -0.487 e. The monoisotopic (exact) mass is 417 g/mol. The summed E-state index contributed by atoms with van der Waals surface area (Å²) in [5.41, 5.74) is 7.35. The lowest BCUT2D eigenvalue weighted by Crippen LogP contribution is -2.17. The molecule has 2 aromatic heterocycles. The number of aromatic nitrogens is 3. The largest absolute Gasteiger partial charge is 0.487 e. The van der Waals surface area contributed by atoms with Gasteiger partial charge in [-0.2, -0.15) is 13.2 Å². The van der Waals surface area contributed by atoms with E-state index in [9.17, 15) is 18.0 Å². The number of pyridine rings is 1. The summed E-state index contributed by atoms with van der Waals surface area (Å²) in [6.45, 7) is 1.69. The summed E-state index contributed by atoms with van der Waals surface area (Å²) in [5, 5.41) is 0. The molecular formula is C20H18F3N5O2. The summed E-state index contributed by atoms with van der Waals surface area (Å²) in [6, 6.07) is 8.00. The van der Waals surface area contributed by atoms with Gasteiger partial charge in [-0.05, 0) is 31.2 Å². The first-order chi connectivity index (χ1) is 14.2. The Morgan fingerprint density at radius 3 is 2.57 bits per heavy atom. The second-order valence-electron chi connectivity index (χ2n) is 6.33. The molecule has 2 N–H and O–H groups in total. The van der Waals surface area contributed by atoms with Crippen molar-refractivity contribution < 1.29 is 17.9 Å². The Morgan fingerprint density at radius 1 is 1.20 bits per heavy atom. The smallest absolute Gasteiger partial charge is 0.434 e. The molecule has 0 aliphatic heterocycles. The first-order valence-corrected chi connectivity index (χ1v) is 8.76. The number of nitrogens with two attached hydrogens (primary N) is 1. The van der Waals surface area contributed by atoms with Crippen LogP contribution in [0, 0.1) is 0 Å². The highest BCUT2D eigenvalue weighted by Gasteiger charge is 2.32. The zero-order valence-electron chi connectivity index (χ0n) is 16.1. The normalized spacial score (nSPS) is 12.1. The lowest BCUT2D eigenvalue weighted by molar-refractivity contribution is -0.141. The number of hydrogen-bond donors (Lipinski definition) is 1. The molecule has 0 amide bonds. The summed E-state index contributed by atoms with van der Waals surface area (Å²) in [4.78, 5) is 23.6. The molecule has 3 rings (SSSR count). The molecule has 0 bridgehead atoms. The predicted octanol–water partition coefficient (Wildman–Crippen LogP) is 3.25. The molecule has 0 saturated heterocycles. The number of nitrogen functional groups attached to an aromatic ring is 1. The Morgan fingerprint density at radius 2 is 1.97 bits per heavy atom. The third-order valence-electron chi connectivity index (χ3n) is 4.31. The molecule has 0 fully saturated rings. The second kappa shape index (κ2) is 8.36. The maximum absolute atomic E-state index is 12.5. The summed E-state index contributed by atoms with van der Waals surface area (Å²) >= 11 is 0.